The van der Waals surface area contributed by atoms with Crippen LogP contribution in [0.5, 0.6) is 0 Å². The van der Waals surface area contributed by atoms with Gasteiger partial charge < -0.3 is 18.7 Å². The molecule has 4 unspecified atom stereocenters. The third-order valence-electron chi connectivity index (χ3n) is 12.1. The Bertz CT molecular complexity index is 3100. The quantitative estimate of drug-likeness (QED) is 0.0613. The number of carbonyl (C=O) groups excluding carboxylic acids is 1. The van der Waals surface area contributed by atoms with Crippen LogP contribution in [0.1, 0.15) is 98.1 Å². The number of carboxylic acids is 1. The maximum absolute atomic E-state index is 15.5. The van der Waals surface area contributed by atoms with Gasteiger partial charge >= 0.3 is 23.2 Å². The Morgan fingerprint density at radius 3 is 1.38 bits per heavy atom. The summed E-state index contributed by atoms with van der Waals surface area (Å²) in [4.78, 5) is 49.0. The van der Waals surface area contributed by atoms with E-state index >= 15 is 17.6 Å². The molecule has 2 aliphatic rings. The Morgan fingerprint density at radius 2 is 1.03 bits per heavy atom. The summed E-state index contributed by atoms with van der Waals surface area (Å²) in [5.74, 6) is -5.26. The maximum Gasteiger partial charge on any atom is 0.336 e. The van der Waals surface area contributed by atoms with Gasteiger partial charge in [0.05, 0.1) is 19.2 Å². The number of ether oxygens (including phenoxy) is 1. The van der Waals surface area contributed by atoms with Crippen LogP contribution in [0.3, 0.4) is 0 Å². The first-order chi connectivity index (χ1) is 32.4. The summed E-state index contributed by atoms with van der Waals surface area (Å²) in [6.45, 7) is 9.27. The normalized spacial score (nSPS) is 18.9. The van der Waals surface area contributed by atoms with Gasteiger partial charge in [0.2, 0.25) is 0 Å². The molecule has 16 heteroatoms. The fraction of sp³-hybridized carbons (Fsp3) is 0.321. The monoisotopic (exact) mass is 956 g/mol. The minimum Gasteiger partial charge on any atom is -0.478 e. The molecule has 0 amide bonds. The minimum atomic E-state index is -1.63. The van der Waals surface area contributed by atoms with Crippen molar-refractivity contribution in [2.75, 3.05) is 20.2 Å². The van der Waals surface area contributed by atoms with E-state index in [0.717, 1.165) is 53.6 Å². The molecule has 2 aromatic heterocycles. The molecule has 0 spiro atoms. The lowest BCUT2D eigenvalue weighted by atomic mass is 9.83. The van der Waals surface area contributed by atoms with Gasteiger partial charge in [-0.3, -0.25) is 9.80 Å². The SMILES string of the molecule is CC1Cc2cc3oc(=O)ccc3cc2C(c2c(F)cc(/C=C/C(=O)O)cc2F)N1CC(C)(C)F.COC(=O)/C=C/c1cc(F)c(C2c3cc4ccc(=O)oc4cc3CC(C)N2CC(C)(C)F)c(F)c1. The zero-order chi connectivity index (χ0) is 50.3. The second-order valence-corrected chi connectivity index (χ2v) is 18.7. The number of halogens is 6. The van der Waals surface area contributed by atoms with E-state index in [4.69, 9.17) is 13.9 Å². The van der Waals surface area contributed by atoms with E-state index in [1.54, 1.807) is 46.2 Å². The Hall–Kier alpha value is -6.78. The van der Waals surface area contributed by atoms with Crippen molar-refractivity contribution < 1.29 is 54.6 Å². The number of aliphatic carboxylic acids is 1. The summed E-state index contributed by atoms with van der Waals surface area (Å²) in [7, 11) is 1.20. The fourth-order valence-corrected chi connectivity index (χ4v) is 9.28. The van der Waals surface area contributed by atoms with Gasteiger partial charge in [-0.2, -0.15) is 0 Å². The lowest BCUT2D eigenvalue weighted by Gasteiger charge is -2.44. The first-order valence-corrected chi connectivity index (χ1v) is 22.1. The molecule has 0 fully saturated rings. The molecule has 1 N–H and O–H groups in total. The van der Waals surface area contributed by atoms with E-state index in [9.17, 15) is 28.0 Å². The predicted octanol–water partition coefficient (Wildman–Crippen LogP) is 10.6. The number of benzene rings is 4. The average Bonchev–Trinajstić information content (AvgIpc) is 3.24. The van der Waals surface area contributed by atoms with Crippen LogP contribution in [0.25, 0.3) is 34.1 Å². The number of carboxylic acid groups (broad SMARTS) is 1. The Morgan fingerprint density at radius 1 is 0.652 bits per heavy atom. The lowest BCUT2D eigenvalue weighted by molar-refractivity contribution is -0.135. The summed E-state index contributed by atoms with van der Waals surface area (Å²) in [5.41, 5.74) is -1.03. The first kappa shape index (κ1) is 50.1. The zero-order valence-electron chi connectivity index (χ0n) is 38.8. The molecule has 4 aromatic carbocycles. The molecule has 0 bridgehead atoms. The van der Waals surface area contributed by atoms with Gasteiger partial charge in [-0.1, -0.05) is 0 Å². The van der Waals surface area contributed by atoms with Gasteiger partial charge in [-0.05, 0) is 161 Å². The first-order valence-electron chi connectivity index (χ1n) is 22.1. The van der Waals surface area contributed by atoms with Crippen LogP contribution >= 0.6 is 0 Å². The fourth-order valence-electron chi connectivity index (χ4n) is 9.28. The Labute approximate surface area is 393 Å². The van der Waals surface area contributed by atoms with E-state index in [-0.39, 0.29) is 47.4 Å². The highest BCUT2D eigenvalue weighted by Crippen LogP contribution is 2.44. The third-order valence-corrected chi connectivity index (χ3v) is 12.1. The van der Waals surface area contributed by atoms with Gasteiger partial charge in [0.15, 0.2) is 0 Å². The lowest BCUT2D eigenvalue weighted by Crippen LogP contribution is -2.48. The summed E-state index contributed by atoms with van der Waals surface area (Å²) in [6.07, 6.45) is 5.19. The number of nitrogens with zero attached hydrogens (tertiary/aromatic N) is 2. The standard InChI is InChI=1S/C27H26F3NO4.C26H24F3NO4/c1-15-9-18-13-22-17(6-8-24(33)35-22)12-19(18)26(31(15)14-27(2,3)30)25-20(28)10-16(11-21(25)29)5-7-23(32)34-4;1-14-8-17-12-21-16(5-7-23(33)34-21)11-18(17)25(30(14)13-26(2,3)29)24-19(27)9-15(10-20(24)28)4-6-22(31)32/h5-8,10-13,15,26H,9,14H2,1-4H3;4-7,9-12,14,25H,8,13H2,1-3H3,(H,31,32)/b7-5+;6-4+. The predicted molar refractivity (Wildman–Crippen MR) is 249 cm³/mol. The van der Waals surface area contributed by atoms with Crippen molar-refractivity contribution in [2.45, 2.75) is 89.9 Å². The van der Waals surface area contributed by atoms with Gasteiger partial charge in [0.1, 0.15) is 45.8 Å². The van der Waals surface area contributed by atoms with Crippen molar-refractivity contribution in [1.29, 1.82) is 0 Å². The molecule has 6 aromatic rings. The van der Waals surface area contributed by atoms with E-state index in [2.05, 4.69) is 4.74 Å². The number of rotatable bonds is 10. The highest BCUT2D eigenvalue weighted by Gasteiger charge is 2.41. The Kier molecular flexibility index (Phi) is 14.3. The van der Waals surface area contributed by atoms with Gasteiger partial charge in [0, 0.05) is 71.4 Å². The van der Waals surface area contributed by atoms with Gasteiger partial charge in [-0.15, -0.1) is 0 Å². The number of hydrogen-bond acceptors (Lipinski definition) is 9. The highest BCUT2D eigenvalue weighted by molar-refractivity contribution is 5.87. The zero-order valence-corrected chi connectivity index (χ0v) is 38.8. The number of fused-ring (bicyclic) bond motifs is 4. The van der Waals surface area contributed by atoms with E-state index in [0.29, 0.717) is 45.9 Å². The summed E-state index contributed by atoms with van der Waals surface area (Å²) < 4.78 is 107. The second kappa shape index (κ2) is 19.7. The third kappa shape index (κ3) is 11.4. The average molecular weight is 957 g/mol. The molecular formula is C53H50F6N2O8. The van der Waals surface area contributed by atoms with Crippen LogP contribution in [0.4, 0.5) is 26.3 Å². The van der Waals surface area contributed by atoms with Gasteiger partial charge in [0.25, 0.3) is 0 Å². The molecule has 0 aliphatic carbocycles. The summed E-state index contributed by atoms with van der Waals surface area (Å²) in [6, 6.07) is 14.6. The molecule has 2 aliphatic heterocycles. The Balaban J connectivity index is 0.000000204. The number of methoxy groups -OCH3 is 1. The van der Waals surface area contributed by atoms with Crippen LogP contribution in [0, 0.1) is 23.3 Å². The molecule has 0 saturated heterocycles. The van der Waals surface area contributed by atoms with Crippen molar-refractivity contribution >= 4 is 46.0 Å². The smallest absolute Gasteiger partial charge is 0.336 e. The molecule has 8 rings (SSSR count). The van der Waals surface area contributed by atoms with Crippen molar-refractivity contribution in [2.24, 2.45) is 0 Å². The van der Waals surface area contributed by atoms with Crippen molar-refractivity contribution in [3.63, 3.8) is 0 Å². The van der Waals surface area contributed by atoms with Crippen LogP contribution in [0.2, 0.25) is 0 Å². The number of alkyl halides is 2. The van der Waals surface area contributed by atoms with Crippen molar-refractivity contribution in [3.8, 4) is 0 Å². The number of carbonyl (C=O) groups is 2. The molecular weight excluding hydrogens is 907 g/mol. The van der Waals surface area contributed by atoms with Crippen LogP contribution in [-0.2, 0) is 27.2 Å². The molecule has 0 saturated carbocycles. The van der Waals surface area contributed by atoms with Crippen LogP contribution in [-0.4, -0.2) is 70.5 Å². The largest absolute Gasteiger partial charge is 0.478 e. The molecule has 4 heterocycles. The van der Waals surface area contributed by atoms with Gasteiger partial charge in [-0.25, -0.2) is 45.5 Å². The van der Waals surface area contributed by atoms with E-state index < -0.39 is 69.9 Å². The van der Waals surface area contributed by atoms with Crippen molar-refractivity contribution in [3.05, 3.63) is 174 Å². The van der Waals surface area contributed by atoms with Crippen molar-refractivity contribution in [1.82, 2.24) is 9.80 Å². The maximum atomic E-state index is 15.5. The molecule has 10 nitrogen and oxygen atoms in total. The highest BCUT2D eigenvalue weighted by atomic mass is 19.2. The second-order valence-electron chi connectivity index (χ2n) is 18.7. The molecule has 4 atom stereocenters. The summed E-state index contributed by atoms with van der Waals surface area (Å²) >= 11 is 0. The minimum absolute atomic E-state index is 0.0525. The molecule has 362 valence electrons. The topological polar surface area (TPSA) is 130 Å². The number of hydrogen-bond donors (Lipinski definition) is 1. The van der Waals surface area contributed by atoms with Crippen LogP contribution in [0.15, 0.2) is 103 Å². The van der Waals surface area contributed by atoms with E-state index in [1.807, 2.05) is 13.8 Å². The summed E-state index contributed by atoms with van der Waals surface area (Å²) in [5, 5.41) is 9.99. The molecule has 0 radical (unpaired) electrons. The van der Waals surface area contributed by atoms with E-state index in [1.165, 1.54) is 53.0 Å². The molecule has 69 heavy (non-hydrogen) atoms. The van der Waals surface area contributed by atoms with Crippen LogP contribution < -0.4 is 11.3 Å². The number of esters is 1.